The van der Waals surface area contributed by atoms with Gasteiger partial charge in [-0.3, -0.25) is 4.98 Å². The summed E-state index contributed by atoms with van der Waals surface area (Å²) in [5.74, 6) is 0.173. The van der Waals surface area contributed by atoms with Gasteiger partial charge < -0.3 is 5.32 Å². The number of hydrogen-bond donors (Lipinski definition) is 1. The van der Waals surface area contributed by atoms with E-state index in [0.717, 1.165) is 11.6 Å². The number of aromatic nitrogens is 3. The molecule has 0 aliphatic rings. The van der Waals surface area contributed by atoms with Crippen LogP contribution in [0.15, 0.2) is 55.0 Å². The Kier molecular flexibility index (Phi) is 4.35. The number of nitrogens with zero attached hydrogens (tertiary/aromatic N) is 3. The molecular formula is C16H10ClF3N4. The second kappa shape index (κ2) is 6.45. The number of halogens is 4. The lowest BCUT2D eigenvalue weighted by molar-refractivity contribution is -0.137. The van der Waals surface area contributed by atoms with Crippen LogP contribution in [-0.2, 0) is 6.18 Å². The minimum Gasteiger partial charge on any atom is -0.324 e. The van der Waals surface area contributed by atoms with Gasteiger partial charge in [-0.1, -0.05) is 11.6 Å². The molecule has 122 valence electrons. The molecule has 0 spiro atoms. The summed E-state index contributed by atoms with van der Waals surface area (Å²) in [5.41, 5.74) is 0.647. The van der Waals surface area contributed by atoms with Gasteiger partial charge in [-0.05, 0) is 36.4 Å². The van der Waals surface area contributed by atoms with Crippen molar-refractivity contribution in [3.8, 4) is 11.3 Å². The fourth-order valence-electron chi connectivity index (χ4n) is 2.04. The first kappa shape index (κ1) is 16.2. The molecule has 8 heteroatoms. The van der Waals surface area contributed by atoms with Crippen molar-refractivity contribution in [2.75, 3.05) is 5.32 Å². The van der Waals surface area contributed by atoms with Gasteiger partial charge in [0.1, 0.15) is 0 Å². The molecule has 3 rings (SSSR count). The van der Waals surface area contributed by atoms with Crippen molar-refractivity contribution < 1.29 is 13.2 Å². The van der Waals surface area contributed by atoms with Gasteiger partial charge in [0, 0.05) is 29.8 Å². The molecule has 0 radical (unpaired) electrons. The molecule has 0 fully saturated rings. The maximum atomic E-state index is 12.9. The van der Waals surface area contributed by atoms with Crippen LogP contribution < -0.4 is 5.32 Å². The zero-order chi connectivity index (χ0) is 17.2. The van der Waals surface area contributed by atoms with Crippen LogP contribution in [-0.4, -0.2) is 15.0 Å². The summed E-state index contributed by atoms with van der Waals surface area (Å²) in [6, 6.07) is 8.80. The van der Waals surface area contributed by atoms with Crippen LogP contribution in [0.4, 0.5) is 24.8 Å². The molecule has 0 saturated carbocycles. The second-order valence-electron chi connectivity index (χ2n) is 4.82. The Bertz CT molecular complexity index is 853. The quantitative estimate of drug-likeness (QED) is 0.725. The molecule has 0 unspecified atom stereocenters. The topological polar surface area (TPSA) is 50.7 Å². The van der Waals surface area contributed by atoms with Gasteiger partial charge in [-0.2, -0.15) is 13.2 Å². The third-order valence-electron chi connectivity index (χ3n) is 3.14. The lowest BCUT2D eigenvalue weighted by Crippen LogP contribution is -2.07. The highest BCUT2D eigenvalue weighted by molar-refractivity contribution is 6.31. The molecule has 1 N–H and O–H groups in total. The average molecular weight is 351 g/mol. The summed E-state index contributed by atoms with van der Waals surface area (Å²) in [6.45, 7) is 0. The molecule has 3 aromatic rings. The van der Waals surface area contributed by atoms with Crippen LogP contribution in [0.25, 0.3) is 11.3 Å². The van der Waals surface area contributed by atoms with Gasteiger partial charge in [-0.15, -0.1) is 0 Å². The predicted molar refractivity (Wildman–Crippen MR) is 85.0 cm³/mol. The fourth-order valence-corrected chi connectivity index (χ4v) is 2.27. The molecule has 0 aliphatic heterocycles. The summed E-state index contributed by atoms with van der Waals surface area (Å²) >= 11 is 5.60. The van der Waals surface area contributed by atoms with E-state index in [1.165, 1.54) is 18.3 Å². The summed E-state index contributed by atoms with van der Waals surface area (Å²) < 4.78 is 38.7. The number of pyridine rings is 1. The van der Waals surface area contributed by atoms with Gasteiger partial charge >= 0.3 is 6.18 Å². The summed E-state index contributed by atoms with van der Waals surface area (Å²) in [7, 11) is 0. The Hall–Kier alpha value is -2.67. The number of hydrogen-bond acceptors (Lipinski definition) is 4. The third-order valence-corrected chi connectivity index (χ3v) is 3.47. The van der Waals surface area contributed by atoms with Crippen LogP contribution in [0.5, 0.6) is 0 Å². The van der Waals surface area contributed by atoms with E-state index in [1.807, 2.05) is 6.07 Å². The number of anilines is 2. The highest BCUT2D eigenvalue weighted by atomic mass is 35.5. The Morgan fingerprint density at radius 1 is 1.04 bits per heavy atom. The van der Waals surface area contributed by atoms with Crippen LogP contribution in [0.3, 0.4) is 0 Å². The van der Waals surface area contributed by atoms with Crippen molar-refractivity contribution in [3.63, 3.8) is 0 Å². The normalized spacial score (nSPS) is 11.3. The van der Waals surface area contributed by atoms with Gasteiger partial charge in [0.15, 0.2) is 0 Å². The molecular weight excluding hydrogens is 341 g/mol. The number of rotatable bonds is 3. The van der Waals surface area contributed by atoms with E-state index in [2.05, 4.69) is 20.3 Å². The highest BCUT2D eigenvalue weighted by Gasteiger charge is 2.33. The monoisotopic (exact) mass is 350 g/mol. The standard InChI is InChI=1S/C16H10ClF3N4/c17-13-4-3-11(8-12(13)16(18,19)20)23-15-22-7-5-14(24-15)10-2-1-6-21-9-10/h1-9H,(H,22,23,24). The zero-order valence-electron chi connectivity index (χ0n) is 12.0. The van der Waals surface area contributed by atoms with E-state index in [9.17, 15) is 13.2 Å². The molecule has 0 amide bonds. The maximum absolute atomic E-state index is 12.9. The van der Waals surface area contributed by atoms with Gasteiger partial charge in [-0.25, -0.2) is 9.97 Å². The molecule has 0 saturated heterocycles. The first-order valence-corrected chi connectivity index (χ1v) is 7.18. The molecule has 0 atom stereocenters. The van der Waals surface area contributed by atoms with Crippen molar-refractivity contribution in [1.29, 1.82) is 0 Å². The minimum atomic E-state index is -4.53. The lowest BCUT2D eigenvalue weighted by Gasteiger charge is -2.12. The van der Waals surface area contributed by atoms with E-state index in [-0.39, 0.29) is 16.7 Å². The molecule has 0 bridgehead atoms. The SMILES string of the molecule is FC(F)(F)c1cc(Nc2nccc(-c3cccnc3)n2)ccc1Cl. The van der Waals surface area contributed by atoms with Crippen LogP contribution in [0.2, 0.25) is 5.02 Å². The van der Waals surface area contributed by atoms with E-state index >= 15 is 0 Å². The van der Waals surface area contributed by atoms with E-state index in [0.29, 0.717) is 5.69 Å². The second-order valence-corrected chi connectivity index (χ2v) is 5.23. The Balaban J connectivity index is 1.90. The largest absolute Gasteiger partial charge is 0.417 e. The molecule has 2 heterocycles. The maximum Gasteiger partial charge on any atom is 0.417 e. The van der Waals surface area contributed by atoms with Crippen LogP contribution >= 0.6 is 11.6 Å². The molecule has 4 nitrogen and oxygen atoms in total. The predicted octanol–water partition coefficient (Wildman–Crippen LogP) is 4.95. The van der Waals surface area contributed by atoms with E-state index in [4.69, 9.17) is 11.6 Å². The third kappa shape index (κ3) is 3.62. The van der Waals surface area contributed by atoms with E-state index in [1.54, 1.807) is 24.5 Å². The smallest absolute Gasteiger partial charge is 0.324 e. The Labute approximate surface area is 140 Å². The van der Waals surface area contributed by atoms with Crippen LogP contribution in [0.1, 0.15) is 5.56 Å². The minimum absolute atomic E-state index is 0.173. The van der Waals surface area contributed by atoms with Crippen LogP contribution in [0, 0.1) is 0 Å². The zero-order valence-corrected chi connectivity index (χ0v) is 12.8. The number of alkyl halides is 3. The van der Waals surface area contributed by atoms with Crippen molar-refractivity contribution in [3.05, 3.63) is 65.6 Å². The first-order valence-electron chi connectivity index (χ1n) is 6.81. The van der Waals surface area contributed by atoms with Gasteiger partial charge in [0.25, 0.3) is 0 Å². The lowest BCUT2D eigenvalue weighted by atomic mass is 10.2. The average Bonchev–Trinajstić information content (AvgIpc) is 2.57. The first-order chi connectivity index (χ1) is 11.4. The summed E-state index contributed by atoms with van der Waals surface area (Å²) in [4.78, 5) is 12.3. The summed E-state index contributed by atoms with van der Waals surface area (Å²) in [6.07, 6.45) is 0.248. The van der Waals surface area contributed by atoms with Gasteiger partial charge in [0.05, 0.1) is 16.3 Å². The van der Waals surface area contributed by atoms with Crippen molar-refractivity contribution in [2.45, 2.75) is 6.18 Å². The molecule has 0 aliphatic carbocycles. The number of nitrogens with one attached hydrogen (secondary N) is 1. The van der Waals surface area contributed by atoms with E-state index < -0.39 is 11.7 Å². The van der Waals surface area contributed by atoms with Crippen molar-refractivity contribution in [2.24, 2.45) is 0 Å². The number of benzene rings is 1. The molecule has 1 aromatic carbocycles. The van der Waals surface area contributed by atoms with Gasteiger partial charge in [0.2, 0.25) is 5.95 Å². The fraction of sp³-hybridized carbons (Fsp3) is 0.0625. The van der Waals surface area contributed by atoms with Crippen molar-refractivity contribution in [1.82, 2.24) is 15.0 Å². The Morgan fingerprint density at radius 2 is 1.88 bits per heavy atom. The Morgan fingerprint density at radius 3 is 2.58 bits per heavy atom. The molecule has 2 aromatic heterocycles. The molecule has 24 heavy (non-hydrogen) atoms. The highest BCUT2D eigenvalue weighted by Crippen LogP contribution is 2.36. The summed E-state index contributed by atoms with van der Waals surface area (Å²) in [5, 5.41) is 2.39. The van der Waals surface area contributed by atoms with Crippen molar-refractivity contribution >= 4 is 23.2 Å².